The fourth-order valence-corrected chi connectivity index (χ4v) is 3.50. The normalized spacial score (nSPS) is 11.5. The third-order valence-electron chi connectivity index (χ3n) is 4.66. The summed E-state index contributed by atoms with van der Waals surface area (Å²) in [6.07, 6.45) is 3.66. The third kappa shape index (κ3) is 6.65. The van der Waals surface area contributed by atoms with Crippen molar-refractivity contribution in [2.45, 2.75) is 46.1 Å². The summed E-state index contributed by atoms with van der Waals surface area (Å²) in [6, 6.07) is 13.4. The summed E-state index contributed by atoms with van der Waals surface area (Å²) in [6.45, 7) is 9.87. The maximum atomic E-state index is 12.8. The van der Waals surface area contributed by atoms with E-state index in [0.29, 0.717) is 11.4 Å². The van der Waals surface area contributed by atoms with E-state index in [-0.39, 0.29) is 5.78 Å². The maximum Gasteiger partial charge on any atom is 0.161 e. The lowest BCUT2D eigenvalue weighted by molar-refractivity contribution is -0.124. The van der Waals surface area contributed by atoms with Gasteiger partial charge in [0.05, 0.1) is 11.7 Å². The van der Waals surface area contributed by atoms with E-state index in [1.807, 2.05) is 88.2 Å². The minimum atomic E-state index is -0.849. The van der Waals surface area contributed by atoms with Gasteiger partial charge in [-0.05, 0) is 57.3 Å². The van der Waals surface area contributed by atoms with Crippen molar-refractivity contribution in [2.24, 2.45) is 0 Å². The molecule has 0 aliphatic heterocycles. The first kappa shape index (κ1) is 29.3. The third-order valence-corrected chi connectivity index (χ3v) is 4.91. The Kier molecular flexibility index (Phi) is 13.9. The number of benzene rings is 2. The molecule has 0 amide bonds. The standard InChI is InChI=1S/C19H20ClN3O.C3H8.C2H7N.CH2O/c1-4-19(13(2)24,14-8-10-15(20)11-9-14)23-18-7-5-6-17(21-3)16(18)12-22-23;2*1-3-2;1-2/h5-12,21H,4H2,1-3H3;3H2,1-2H3;3H,1-2H3;1H2. The molecule has 32 heavy (non-hydrogen) atoms. The Bertz CT molecular complexity index is 939. The predicted molar refractivity (Wildman–Crippen MR) is 137 cm³/mol. The molecule has 3 aromatic rings. The predicted octanol–water partition coefficient (Wildman–Crippen LogP) is 5.54. The van der Waals surface area contributed by atoms with Crippen molar-refractivity contribution in [1.29, 1.82) is 0 Å². The molecule has 176 valence electrons. The van der Waals surface area contributed by atoms with E-state index in [1.54, 1.807) is 6.92 Å². The first-order chi connectivity index (χ1) is 15.4. The van der Waals surface area contributed by atoms with E-state index in [0.717, 1.165) is 22.2 Å². The summed E-state index contributed by atoms with van der Waals surface area (Å²) in [5.41, 5.74) is 1.96. The van der Waals surface area contributed by atoms with Crippen LogP contribution in [0.2, 0.25) is 5.02 Å². The van der Waals surface area contributed by atoms with Gasteiger partial charge in [-0.2, -0.15) is 5.10 Å². The molecule has 0 aliphatic rings. The highest BCUT2D eigenvalue weighted by atomic mass is 35.5. The van der Waals surface area contributed by atoms with Crippen LogP contribution < -0.4 is 10.6 Å². The first-order valence-electron chi connectivity index (χ1n) is 10.7. The van der Waals surface area contributed by atoms with E-state index in [4.69, 9.17) is 16.4 Å². The van der Waals surface area contributed by atoms with Crippen LogP contribution >= 0.6 is 11.6 Å². The molecule has 1 aromatic heterocycles. The van der Waals surface area contributed by atoms with Gasteiger partial charge in [0, 0.05) is 23.1 Å². The fraction of sp³-hybridized carbons (Fsp3) is 0.400. The van der Waals surface area contributed by atoms with Gasteiger partial charge in [-0.25, -0.2) is 4.68 Å². The summed E-state index contributed by atoms with van der Waals surface area (Å²) >= 11 is 6.03. The Morgan fingerprint density at radius 2 is 1.59 bits per heavy atom. The van der Waals surface area contributed by atoms with Gasteiger partial charge in [-0.1, -0.05) is 57.0 Å². The largest absolute Gasteiger partial charge is 0.388 e. The van der Waals surface area contributed by atoms with E-state index < -0.39 is 5.54 Å². The molecule has 1 unspecified atom stereocenters. The van der Waals surface area contributed by atoms with Gasteiger partial charge in [0.25, 0.3) is 0 Å². The van der Waals surface area contributed by atoms with E-state index in [9.17, 15) is 4.79 Å². The lowest BCUT2D eigenvalue weighted by Crippen LogP contribution is -2.42. The highest BCUT2D eigenvalue weighted by Gasteiger charge is 2.39. The van der Waals surface area contributed by atoms with Crippen LogP contribution in [-0.2, 0) is 15.1 Å². The molecule has 1 heterocycles. The lowest BCUT2D eigenvalue weighted by atomic mass is 9.83. The van der Waals surface area contributed by atoms with Crippen LogP contribution in [0.25, 0.3) is 10.9 Å². The summed E-state index contributed by atoms with van der Waals surface area (Å²) in [5, 5.41) is 12.2. The molecule has 0 saturated heterocycles. The van der Waals surface area contributed by atoms with Crippen molar-refractivity contribution >= 4 is 40.8 Å². The summed E-state index contributed by atoms with van der Waals surface area (Å²) < 4.78 is 1.84. The maximum absolute atomic E-state index is 12.8. The molecule has 3 rings (SSSR count). The molecule has 7 heteroatoms. The number of ketones is 1. The van der Waals surface area contributed by atoms with Crippen LogP contribution in [0.5, 0.6) is 0 Å². The van der Waals surface area contributed by atoms with Crippen molar-refractivity contribution in [3.8, 4) is 0 Å². The molecule has 0 spiro atoms. The van der Waals surface area contributed by atoms with Gasteiger partial charge < -0.3 is 15.4 Å². The molecule has 2 N–H and O–H groups in total. The molecule has 1 atom stereocenters. The minimum Gasteiger partial charge on any atom is -0.388 e. The minimum absolute atomic E-state index is 0.0483. The average Bonchev–Trinajstić information content (AvgIpc) is 3.23. The van der Waals surface area contributed by atoms with Gasteiger partial charge in [0.15, 0.2) is 5.78 Å². The van der Waals surface area contributed by atoms with Gasteiger partial charge in [0.2, 0.25) is 0 Å². The summed E-state index contributed by atoms with van der Waals surface area (Å²) in [4.78, 5) is 20.8. The highest BCUT2D eigenvalue weighted by molar-refractivity contribution is 6.30. The summed E-state index contributed by atoms with van der Waals surface area (Å²) in [7, 11) is 5.63. The van der Waals surface area contributed by atoms with Gasteiger partial charge in [0.1, 0.15) is 12.3 Å². The van der Waals surface area contributed by atoms with Crippen molar-refractivity contribution < 1.29 is 9.59 Å². The number of Topliss-reactive ketones (excluding diaryl/α,β-unsaturated/α-hetero) is 1. The number of carbonyl (C=O) groups excluding carboxylic acids is 2. The van der Waals surface area contributed by atoms with Gasteiger partial charge in [-0.15, -0.1) is 0 Å². The zero-order valence-corrected chi connectivity index (χ0v) is 21.1. The van der Waals surface area contributed by atoms with Gasteiger partial charge in [-0.3, -0.25) is 4.79 Å². The Labute approximate surface area is 197 Å². The quantitative estimate of drug-likeness (QED) is 0.522. The number of carbonyl (C=O) groups is 2. The van der Waals surface area contributed by atoms with Gasteiger partial charge >= 0.3 is 0 Å². The monoisotopic (exact) mass is 460 g/mol. The zero-order chi connectivity index (χ0) is 24.7. The van der Waals surface area contributed by atoms with Crippen LogP contribution in [0.3, 0.4) is 0 Å². The Morgan fingerprint density at radius 1 is 1.06 bits per heavy atom. The second-order valence-electron chi connectivity index (χ2n) is 7.03. The molecule has 6 nitrogen and oxygen atoms in total. The van der Waals surface area contributed by atoms with E-state index in [2.05, 4.69) is 29.6 Å². The topological polar surface area (TPSA) is 76.0 Å². The Balaban J connectivity index is 0.00000106. The molecule has 0 fully saturated rings. The fourth-order valence-electron chi connectivity index (χ4n) is 3.38. The smallest absolute Gasteiger partial charge is 0.161 e. The van der Waals surface area contributed by atoms with E-state index >= 15 is 0 Å². The number of nitrogens with zero attached hydrogens (tertiary/aromatic N) is 2. The molecule has 0 radical (unpaired) electrons. The van der Waals surface area contributed by atoms with Crippen LogP contribution in [0, 0.1) is 0 Å². The van der Waals surface area contributed by atoms with Crippen molar-refractivity contribution in [2.75, 3.05) is 26.5 Å². The number of hydrogen-bond acceptors (Lipinski definition) is 5. The lowest BCUT2D eigenvalue weighted by Gasteiger charge is -2.32. The van der Waals surface area contributed by atoms with Crippen molar-refractivity contribution in [1.82, 2.24) is 15.1 Å². The molecule has 0 saturated carbocycles. The number of anilines is 1. The SMILES string of the molecule is C=O.CCC.CCC(C(C)=O)(c1ccc(Cl)cc1)n1ncc2c(NC)cccc21.CNC. The number of fused-ring (bicyclic) bond motifs is 1. The molecule has 0 aliphatic carbocycles. The second kappa shape index (κ2) is 15.2. The molecular weight excluding hydrogens is 424 g/mol. The van der Waals surface area contributed by atoms with Crippen molar-refractivity contribution in [3.05, 3.63) is 59.2 Å². The molecule has 2 aromatic carbocycles. The number of halogens is 1. The van der Waals surface area contributed by atoms with Crippen LogP contribution in [0.4, 0.5) is 5.69 Å². The second-order valence-corrected chi connectivity index (χ2v) is 7.47. The number of rotatable bonds is 5. The number of aromatic nitrogens is 2. The van der Waals surface area contributed by atoms with Crippen LogP contribution in [-0.4, -0.2) is 43.5 Å². The molecular formula is C25H37ClN4O2. The first-order valence-corrected chi connectivity index (χ1v) is 11.0. The Hall–Kier alpha value is -2.70. The Morgan fingerprint density at radius 3 is 2.03 bits per heavy atom. The molecule has 0 bridgehead atoms. The number of hydrogen-bond donors (Lipinski definition) is 2. The summed E-state index contributed by atoms with van der Waals surface area (Å²) in [5.74, 6) is 0.0483. The zero-order valence-electron chi connectivity index (χ0n) is 20.3. The highest BCUT2D eigenvalue weighted by Crippen LogP contribution is 2.35. The average molecular weight is 461 g/mol. The van der Waals surface area contributed by atoms with Crippen LogP contribution in [0.1, 0.15) is 46.1 Å². The number of nitrogens with one attached hydrogen (secondary N) is 2. The van der Waals surface area contributed by atoms with E-state index in [1.165, 1.54) is 6.42 Å². The van der Waals surface area contributed by atoms with Crippen LogP contribution in [0.15, 0.2) is 48.7 Å². The van der Waals surface area contributed by atoms with Crippen molar-refractivity contribution in [3.63, 3.8) is 0 Å².